The van der Waals surface area contributed by atoms with Gasteiger partial charge in [0.25, 0.3) is 0 Å². The summed E-state index contributed by atoms with van der Waals surface area (Å²) in [6.45, 7) is 24.5. The Balaban J connectivity index is 0.000000682. The number of allylic oxidation sites excluding steroid dienone is 4. The van der Waals surface area contributed by atoms with Crippen molar-refractivity contribution in [1.29, 1.82) is 0 Å². The van der Waals surface area contributed by atoms with E-state index in [2.05, 4.69) is 147 Å². The SMILES string of the molecule is CC(C)(C)c1[c-]c2c(cc1)-c1ccc(C(C)(C)C)cc1C2.CC1[C-]=CC(C(C)(C)C)=C1.Cc1cc[c-]cc1.Cl.Cl.[CH2]=[Zr].[c-]1ccccc1. The molecule has 1 unspecified atom stereocenters. The number of aryl methyl sites for hydroxylation is 1. The van der Waals surface area contributed by atoms with Gasteiger partial charge in [0.05, 0.1) is 0 Å². The fraction of sp³-hybridized carbons (Fsp3) is 0.356. The van der Waals surface area contributed by atoms with E-state index in [9.17, 15) is 0 Å². The van der Waals surface area contributed by atoms with E-state index in [0.29, 0.717) is 11.3 Å². The fourth-order valence-corrected chi connectivity index (χ4v) is 4.89. The van der Waals surface area contributed by atoms with Crippen molar-refractivity contribution in [2.45, 2.75) is 93.4 Å². The molecule has 6 rings (SSSR count). The summed E-state index contributed by atoms with van der Waals surface area (Å²) in [5, 5.41) is 0. The van der Waals surface area contributed by atoms with Crippen molar-refractivity contribution in [2.75, 3.05) is 0 Å². The molecule has 4 aromatic carbocycles. The first kappa shape index (κ1) is 45.7. The van der Waals surface area contributed by atoms with Crippen molar-refractivity contribution in [1.82, 2.24) is 0 Å². The molecule has 1 atom stereocenters. The molecule has 0 saturated heterocycles. The van der Waals surface area contributed by atoms with Crippen molar-refractivity contribution in [3.05, 3.63) is 155 Å². The van der Waals surface area contributed by atoms with Crippen LogP contribution in [-0.2, 0) is 41.5 Å². The van der Waals surface area contributed by atoms with Crippen molar-refractivity contribution in [3.63, 3.8) is 0 Å². The average Bonchev–Trinajstić information content (AvgIpc) is 3.62. The predicted octanol–water partition coefficient (Wildman–Crippen LogP) is 12.7. The van der Waals surface area contributed by atoms with Crippen LogP contribution < -0.4 is 0 Å². The molecule has 0 aromatic heterocycles. The third-order valence-electron chi connectivity index (χ3n) is 7.75. The number of hydrogen-bond donors (Lipinski definition) is 0. The Labute approximate surface area is 321 Å². The Morgan fingerprint density at radius 2 is 1.25 bits per heavy atom. The predicted molar refractivity (Wildman–Crippen MR) is 212 cm³/mol. The smallest absolute Gasteiger partial charge is 0.171 e. The minimum absolute atomic E-state index is 0. The minimum Gasteiger partial charge on any atom is -0.184 e. The molecule has 48 heavy (non-hydrogen) atoms. The van der Waals surface area contributed by atoms with Gasteiger partial charge < -0.3 is 0 Å². The Morgan fingerprint density at radius 3 is 1.62 bits per heavy atom. The standard InChI is InChI=1S/C21H25.C10H15.C7H7.C6H5.CH2.2ClH.Zr/c1-20(2,3)16-7-9-18-14(12-16)11-15-13-17(21(4,5)6)8-10-19(15)18;1-8-5-6-9(7-8)10(2,3)4;1-7-5-3-2-4-6-7;1-2-4-6-5-3-1;;;;/h7-10,12H,11H2,1-6H3;6-8H,1-4H3;3-6H,1H3;1-5H;1H2;2*1H;/q4*-1;;;;. The van der Waals surface area contributed by atoms with Gasteiger partial charge in [-0.15, -0.1) is 35.9 Å². The average molecular weight is 759 g/mol. The topological polar surface area (TPSA) is 0 Å². The first-order valence-electron chi connectivity index (χ1n) is 16.3. The molecule has 0 bridgehead atoms. The summed E-state index contributed by atoms with van der Waals surface area (Å²) in [6, 6.07) is 38.5. The van der Waals surface area contributed by atoms with Crippen LogP contribution >= 0.6 is 24.8 Å². The normalized spacial score (nSPS) is 13.7. The molecule has 4 aromatic rings. The second-order valence-corrected chi connectivity index (χ2v) is 14.9. The van der Waals surface area contributed by atoms with E-state index in [1.165, 1.54) is 68.8 Å². The molecule has 0 radical (unpaired) electrons. The van der Waals surface area contributed by atoms with Gasteiger partial charge in [-0.25, -0.2) is 6.08 Å². The van der Waals surface area contributed by atoms with Gasteiger partial charge in [0, 0.05) is 0 Å². The summed E-state index contributed by atoms with van der Waals surface area (Å²) in [5.74, 6) is 0.522. The molecule has 258 valence electrons. The number of hydrogen-bond acceptors (Lipinski definition) is 0. The van der Waals surface area contributed by atoms with Crippen molar-refractivity contribution >= 4 is 29.0 Å². The molecule has 0 amide bonds. The van der Waals surface area contributed by atoms with Crippen LogP contribution in [0.4, 0.5) is 0 Å². The fourth-order valence-electron chi connectivity index (χ4n) is 4.89. The van der Waals surface area contributed by atoms with Gasteiger partial charge in [0.2, 0.25) is 0 Å². The summed E-state index contributed by atoms with van der Waals surface area (Å²) in [5.41, 5.74) is 11.7. The van der Waals surface area contributed by atoms with Gasteiger partial charge >= 0.3 is 28.4 Å². The van der Waals surface area contributed by atoms with Gasteiger partial charge in [0.1, 0.15) is 0 Å². The van der Waals surface area contributed by atoms with E-state index in [-0.39, 0.29) is 35.6 Å². The van der Waals surface area contributed by atoms with Crippen molar-refractivity contribution in [3.8, 4) is 11.1 Å². The maximum atomic E-state index is 3.67. The van der Waals surface area contributed by atoms with Crippen LogP contribution in [0.5, 0.6) is 0 Å². The molecule has 0 heterocycles. The zero-order valence-electron chi connectivity index (χ0n) is 31.0. The maximum absolute atomic E-state index is 3.67. The second kappa shape index (κ2) is 21.0. The second-order valence-electron chi connectivity index (χ2n) is 14.9. The van der Waals surface area contributed by atoms with E-state index < -0.39 is 0 Å². The van der Waals surface area contributed by atoms with E-state index in [1.54, 1.807) is 0 Å². The van der Waals surface area contributed by atoms with Crippen LogP contribution in [-0.4, -0.2) is 4.21 Å². The van der Waals surface area contributed by atoms with Crippen LogP contribution in [0.15, 0.2) is 103 Å². The molecule has 0 saturated carbocycles. The van der Waals surface area contributed by atoms with Gasteiger partial charge in [-0.2, -0.15) is 108 Å². The van der Waals surface area contributed by atoms with Gasteiger partial charge in [-0.3, -0.25) is 6.08 Å². The summed E-state index contributed by atoms with van der Waals surface area (Å²) >= 11 is 1.30. The van der Waals surface area contributed by atoms with Crippen molar-refractivity contribution in [2.24, 2.45) is 11.3 Å². The molecule has 0 N–H and O–H groups in total. The zero-order chi connectivity index (χ0) is 34.5. The first-order chi connectivity index (χ1) is 21.6. The van der Waals surface area contributed by atoms with Crippen LogP contribution in [0, 0.1) is 42.5 Å². The molecule has 0 spiro atoms. The largest absolute Gasteiger partial charge is 0.184 e. The van der Waals surface area contributed by atoms with Crippen LogP contribution in [0.1, 0.15) is 97.1 Å². The van der Waals surface area contributed by atoms with Crippen LogP contribution in [0.3, 0.4) is 0 Å². The monoisotopic (exact) mass is 756 g/mol. The Kier molecular flexibility index (Phi) is 20.0. The summed E-state index contributed by atoms with van der Waals surface area (Å²) in [4.78, 5) is 0. The molecule has 2 aliphatic carbocycles. The molecule has 0 nitrogen and oxygen atoms in total. The first-order valence-corrected chi connectivity index (χ1v) is 18.0. The van der Waals surface area contributed by atoms with Gasteiger partial charge in [0.15, 0.2) is 0 Å². The number of benzene rings is 4. The van der Waals surface area contributed by atoms with Crippen molar-refractivity contribution < 1.29 is 24.2 Å². The van der Waals surface area contributed by atoms with E-state index in [0.717, 1.165) is 6.42 Å². The molecule has 0 fully saturated rings. The van der Waals surface area contributed by atoms with E-state index in [4.69, 9.17) is 0 Å². The number of halogens is 2. The summed E-state index contributed by atoms with van der Waals surface area (Å²) < 4.78 is 3.34. The zero-order valence-corrected chi connectivity index (χ0v) is 35.1. The molecular weight excluding hydrogens is 703 g/mol. The third-order valence-corrected chi connectivity index (χ3v) is 7.75. The van der Waals surface area contributed by atoms with Gasteiger partial charge in [-0.1, -0.05) is 111 Å². The Hall–Kier alpha value is -2.31. The van der Waals surface area contributed by atoms with Crippen LogP contribution in [0.25, 0.3) is 11.1 Å². The Morgan fingerprint density at radius 1 is 0.688 bits per heavy atom. The van der Waals surface area contributed by atoms with Crippen LogP contribution in [0.2, 0.25) is 0 Å². The molecular formula is C45H56Cl2Zr-4. The molecule has 3 heteroatoms. The summed E-state index contributed by atoms with van der Waals surface area (Å²) in [7, 11) is 0. The molecule has 0 aliphatic heterocycles. The van der Waals surface area contributed by atoms with E-state index >= 15 is 0 Å². The Bertz CT molecular complexity index is 1460. The van der Waals surface area contributed by atoms with E-state index in [1.807, 2.05) is 54.6 Å². The summed E-state index contributed by atoms with van der Waals surface area (Å²) in [6.07, 6.45) is 8.68. The molecule has 2 aliphatic rings. The number of rotatable bonds is 0. The quantitative estimate of drug-likeness (QED) is 0.138. The number of fused-ring (bicyclic) bond motifs is 3. The third kappa shape index (κ3) is 15.1. The maximum Gasteiger partial charge on any atom is -0.171 e. The van der Waals surface area contributed by atoms with Gasteiger partial charge in [-0.05, 0) is 28.4 Å². The minimum atomic E-state index is 0.